The fourth-order valence-electron chi connectivity index (χ4n) is 8.07. The van der Waals surface area contributed by atoms with Gasteiger partial charge >= 0.3 is 6.16 Å². The maximum atomic E-state index is 11.3. The van der Waals surface area contributed by atoms with Crippen LogP contribution in [-0.2, 0) is 10.8 Å². The highest BCUT2D eigenvalue weighted by Crippen LogP contribution is 2.56. The number of carbonyl (C=O) groups excluding carboxylic acids is 1. The van der Waals surface area contributed by atoms with Crippen molar-refractivity contribution in [1.82, 2.24) is 0 Å². The number of fused-ring (bicyclic) bond motifs is 3. The summed E-state index contributed by atoms with van der Waals surface area (Å²) in [6.07, 6.45) is -0.739. The van der Waals surface area contributed by atoms with Crippen LogP contribution in [0.25, 0.3) is 11.1 Å². The quantitative estimate of drug-likeness (QED) is 0.0699. The summed E-state index contributed by atoms with van der Waals surface area (Å²) in [7, 11) is 0. The summed E-state index contributed by atoms with van der Waals surface area (Å²) in [6.45, 7) is 4.74. The molecule has 1 aliphatic rings. The molecule has 0 unspecified atom stereocenters. The molecule has 66 heavy (non-hydrogen) atoms. The molecular formula is C57H52O9. The second-order valence-electron chi connectivity index (χ2n) is 15.8. The lowest BCUT2D eigenvalue weighted by Crippen LogP contribution is -2.28. The van der Waals surface area contributed by atoms with Crippen LogP contribution in [0.15, 0.2) is 206 Å². The molecule has 0 bridgehead atoms. The van der Waals surface area contributed by atoms with Gasteiger partial charge in [-0.1, -0.05) is 147 Å². The van der Waals surface area contributed by atoms with E-state index < -0.39 is 11.6 Å². The van der Waals surface area contributed by atoms with Crippen molar-refractivity contribution in [2.75, 3.05) is 26.4 Å². The Morgan fingerprint density at radius 1 is 0.439 bits per heavy atom. The van der Waals surface area contributed by atoms with Gasteiger partial charge in [-0.05, 0) is 117 Å². The predicted molar refractivity (Wildman–Crippen MR) is 257 cm³/mol. The number of benzene rings is 8. The lowest BCUT2D eigenvalue weighted by atomic mass is 9.68. The number of aliphatic hydroxyl groups excluding tert-OH is 2. The zero-order valence-electron chi connectivity index (χ0n) is 36.8. The standard InChI is InChI=1S/C29H26O4.C15H16O2.C13H10O3/c30-17-19-32-23-13-9-21(10-14-23)29(22-11-15-24(16-12-22)33-20-18-31)27-7-3-1-5-25(27)26-6-2-4-8-28(26)29;1-15(2,11-3-7-13(16)8-4-11)12-5-9-14(17)10-6-12;14-13(15-11-7-3-1-4-8-11)16-12-9-5-2-6-10-12/h1-16,30-31H,17-20H2;3-10,16-17H,1-2H3;1-10H. The minimum absolute atomic E-state index is 0.0167. The van der Waals surface area contributed by atoms with E-state index in [1.54, 1.807) is 72.8 Å². The minimum atomic E-state index is -0.739. The lowest BCUT2D eigenvalue weighted by Gasteiger charge is -2.34. The molecule has 1 aliphatic carbocycles. The van der Waals surface area contributed by atoms with E-state index in [1.807, 2.05) is 60.7 Å². The number of aliphatic hydroxyl groups is 2. The molecule has 0 atom stereocenters. The molecule has 9 heteroatoms. The van der Waals surface area contributed by atoms with E-state index >= 15 is 0 Å². The summed E-state index contributed by atoms with van der Waals surface area (Å²) < 4.78 is 21.1. The van der Waals surface area contributed by atoms with Gasteiger partial charge in [0.2, 0.25) is 0 Å². The van der Waals surface area contributed by atoms with E-state index in [2.05, 4.69) is 86.6 Å². The molecular weight excluding hydrogens is 829 g/mol. The molecule has 334 valence electrons. The lowest BCUT2D eigenvalue weighted by molar-refractivity contribution is 0.152. The molecule has 0 radical (unpaired) electrons. The topological polar surface area (TPSA) is 135 Å². The summed E-state index contributed by atoms with van der Waals surface area (Å²) in [4.78, 5) is 11.3. The van der Waals surface area contributed by atoms with Crippen LogP contribution >= 0.6 is 0 Å². The van der Waals surface area contributed by atoms with Gasteiger partial charge in [-0.2, -0.15) is 0 Å². The first-order valence-corrected chi connectivity index (χ1v) is 21.6. The molecule has 8 aromatic rings. The number of hydrogen-bond acceptors (Lipinski definition) is 9. The van der Waals surface area contributed by atoms with Gasteiger partial charge in [0, 0.05) is 5.41 Å². The molecule has 0 aliphatic heterocycles. The highest BCUT2D eigenvalue weighted by molar-refractivity contribution is 5.86. The molecule has 8 aromatic carbocycles. The third kappa shape index (κ3) is 10.7. The first-order valence-electron chi connectivity index (χ1n) is 21.6. The molecule has 0 amide bonds. The first-order chi connectivity index (χ1) is 32.1. The summed E-state index contributed by atoms with van der Waals surface area (Å²) in [5.74, 6) is 2.93. The van der Waals surface area contributed by atoms with Gasteiger partial charge in [-0.3, -0.25) is 0 Å². The predicted octanol–water partition coefficient (Wildman–Crippen LogP) is 11.5. The largest absolute Gasteiger partial charge is 0.519 e. The van der Waals surface area contributed by atoms with Crippen molar-refractivity contribution < 1.29 is 44.2 Å². The van der Waals surface area contributed by atoms with Crippen LogP contribution in [-0.4, -0.2) is 53.0 Å². The van der Waals surface area contributed by atoms with Crippen molar-refractivity contribution in [2.45, 2.75) is 24.7 Å². The van der Waals surface area contributed by atoms with Crippen molar-refractivity contribution in [3.8, 4) is 45.6 Å². The third-order valence-corrected chi connectivity index (χ3v) is 11.3. The van der Waals surface area contributed by atoms with Crippen molar-refractivity contribution in [3.05, 3.63) is 240 Å². The second-order valence-corrected chi connectivity index (χ2v) is 15.8. The first kappa shape index (κ1) is 46.2. The maximum Gasteiger partial charge on any atom is 0.519 e. The van der Waals surface area contributed by atoms with Crippen LogP contribution in [0.3, 0.4) is 0 Å². The zero-order chi connectivity index (χ0) is 46.4. The number of para-hydroxylation sites is 2. The van der Waals surface area contributed by atoms with Gasteiger partial charge < -0.3 is 39.4 Å². The fraction of sp³-hybridized carbons (Fsp3) is 0.140. The molecule has 9 rings (SSSR count). The van der Waals surface area contributed by atoms with E-state index in [-0.39, 0.29) is 43.3 Å². The molecule has 0 aromatic heterocycles. The van der Waals surface area contributed by atoms with Crippen molar-refractivity contribution in [2.24, 2.45) is 0 Å². The highest BCUT2D eigenvalue weighted by atomic mass is 16.7. The maximum absolute atomic E-state index is 11.3. The van der Waals surface area contributed by atoms with E-state index in [0.717, 1.165) is 33.8 Å². The second kappa shape index (κ2) is 21.7. The van der Waals surface area contributed by atoms with Crippen LogP contribution in [0, 0.1) is 0 Å². The Labute approximate surface area is 385 Å². The Morgan fingerprint density at radius 2 is 0.788 bits per heavy atom. The Morgan fingerprint density at radius 3 is 1.15 bits per heavy atom. The summed E-state index contributed by atoms with van der Waals surface area (Å²) in [5.41, 5.74) is 8.82. The number of carbonyl (C=O) groups is 1. The molecule has 9 nitrogen and oxygen atoms in total. The van der Waals surface area contributed by atoms with E-state index in [0.29, 0.717) is 11.5 Å². The number of aromatic hydroxyl groups is 2. The molecule has 0 saturated carbocycles. The Bertz CT molecular complexity index is 2560. The van der Waals surface area contributed by atoms with Gasteiger partial charge in [0.25, 0.3) is 0 Å². The van der Waals surface area contributed by atoms with Crippen molar-refractivity contribution >= 4 is 6.16 Å². The SMILES string of the molecule is CC(C)(c1ccc(O)cc1)c1ccc(O)cc1.O=C(Oc1ccccc1)Oc1ccccc1.OCCOc1ccc(C2(c3ccc(OCCO)cc3)c3ccccc3-c3ccccc32)cc1. The van der Waals surface area contributed by atoms with E-state index in [9.17, 15) is 15.0 Å². The van der Waals surface area contributed by atoms with Gasteiger partial charge in [0.1, 0.15) is 47.7 Å². The Hall–Kier alpha value is -7.85. The summed E-state index contributed by atoms with van der Waals surface area (Å²) >= 11 is 0. The number of rotatable bonds is 12. The number of phenolic OH excluding ortho intramolecular Hbond substituents is 2. The molecule has 0 spiro atoms. The summed E-state index contributed by atoms with van der Waals surface area (Å²) in [5, 5.41) is 36.8. The molecule has 0 fully saturated rings. The van der Waals surface area contributed by atoms with Gasteiger partial charge in [-0.15, -0.1) is 0 Å². The molecule has 4 N–H and O–H groups in total. The third-order valence-electron chi connectivity index (χ3n) is 11.3. The van der Waals surface area contributed by atoms with Crippen LogP contribution in [0.5, 0.6) is 34.5 Å². The fourth-order valence-corrected chi connectivity index (χ4v) is 8.07. The van der Waals surface area contributed by atoms with Gasteiger partial charge in [-0.25, -0.2) is 4.79 Å². The van der Waals surface area contributed by atoms with Crippen LogP contribution in [0.2, 0.25) is 0 Å². The Kier molecular flexibility index (Phi) is 15.2. The van der Waals surface area contributed by atoms with E-state index in [4.69, 9.17) is 29.2 Å². The highest BCUT2D eigenvalue weighted by Gasteiger charge is 2.45. The minimum Gasteiger partial charge on any atom is -0.508 e. The Balaban J connectivity index is 0.000000165. The van der Waals surface area contributed by atoms with Gasteiger partial charge in [0.15, 0.2) is 0 Å². The smallest absolute Gasteiger partial charge is 0.508 e. The van der Waals surface area contributed by atoms with E-state index in [1.165, 1.54) is 22.3 Å². The average molecular weight is 881 g/mol. The van der Waals surface area contributed by atoms with Crippen LogP contribution < -0.4 is 18.9 Å². The van der Waals surface area contributed by atoms with Crippen LogP contribution in [0.4, 0.5) is 4.79 Å². The van der Waals surface area contributed by atoms with Crippen LogP contribution in [0.1, 0.15) is 47.2 Å². The molecule has 0 saturated heterocycles. The number of phenols is 2. The van der Waals surface area contributed by atoms with Gasteiger partial charge in [0.05, 0.1) is 18.6 Å². The zero-order valence-corrected chi connectivity index (χ0v) is 36.8. The monoisotopic (exact) mass is 880 g/mol. The summed E-state index contributed by atoms with van der Waals surface area (Å²) in [6, 6.07) is 65.5. The number of hydrogen-bond donors (Lipinski definition) is 4. The van der Waals surface area contributed by atoms with Crippen molar-refractivity contribution in [3.63, 3.8) is 0 Å². The van der Waals surface area contributed by atoms with Crippen molar-refractivity contribution in [1.29, 1.82) is 0 Å². The number of ether oxygens (including phenoxy) is 4. The molecule has 0 heterocycles. The average Bonchev–Trinajstić information content (AvgIpc) is 3.65. The normalized spacial score (nSPS) is 11.9.